The number of rotatable bonds is 8. The topological polar surface area (TPSA) is 40.1 Å². The first-order chi connectivity index (χ1) is 6.18. The van der Waals surface area contributed by atoms with E-state index in [-0.39, 0.29) is 5.25 Å². The van der Waals surface area contributed by atoms with Gasteiger partial charge >= 0.3 is 0 Å². The normalized spacial score (nSPS) is 15.6. The highest BCUT2D eigenvalue weighted by molar-refractivity contribution is 7.79. The van der Waals surface area contributed by atoms with Crippen LogP contribution in [-0.4, -0.2) is 14.0 Å². The Balaban J connectivity index is 3.11. The molecule has 80 valence electrons. The molecule has 0 saturated heterocycles. The summed E-state index contributed by atoms with van der Waals surface area (Å²) in [5.74, 6) is 0. The second-order valence-electron chi connectivity index (χ2n) is 3.63. The fraction of sp³-hybridized carbons (Fsp3) is 1.00. The highest BCUT2D eigenvalue weighted by Gasteiger charge is 2.00. The standard InChI is InChI=1S/C10H22O2S/c1-3-4-5-6-7-8-9-10(2)13(11)12/h10H,3-9H2,1-2H3,(H,11,12)/p-1. The Bertz CT molecular complexity index is 137. The molecule has 0 aliphatic rings. The molecule has 0 N–H and O–H groups in total. The van der Waals surface area contributed by atoms with Crippen LogP contribution in [0.2, 0.25) is 0 Å². The third kappa shape index (κ3) is 8.44. The molecule has 2 atom stereocenters. The second-order valence-corrected chi connectivity index (χ2v) is 4.95. The molecule has 2 unspecified atom stereocenters. The zero-order chi connectivity index (χ0) is 10.1. The van der Waals surface area contributed by atoms with E-state index in [0.29, 0.717) is 0 Å². The summed E-state index contributed by atoms with van der Waals surface area (Å²) in [6.07, 6.45) is 8.18. The summed E-state index contributed by atoms with van der Waals surface area (Å²) in [5.41, 5.74) is 0. The van der Waals surface area contributed by atoms with Gasteiger partial charge in [-0.25, -0.2) is 0 Å². The Kier molecular flexibility index (Phi) is 8.77. The lowest BCUT2D eigenvalue weighted by Gasteiger charge is -2.13. The van der Waals surface area contributed by atoms with Gasteiger partial charge in [0, 0.05) is 5.25 Å². The van der Waals surface area contributed by atoms with E-state index in [1.54, 1.807) is 6.92 Å². The van der Waals surface area contributed by atoms with Gasteiger partial charge in [-0.15, -0.1) is 0 Å². The van der Waals surface area contributed by atoms with Crippen LogP contribution in [0.4, 0.5) is 0 Å². The van der Waals surface area contributed by atoms with E-state index >= 15 is 0 Å². The third-order valence-corrected chi connectivity index (χ3v) is 3.19. The molecule has 0 aromatic carbocycles. The summed E-state index contributed by atoms with van der Waals surface area (Å²) < 4.78 is 20.9. The fourth-order valence-corrected chi connectivity index (χ4v) is 1.67. The van der Waals surface area contributed by atoms with E-state index in [0.717, 1.165) is 12.8 Å². The number of hydrogen-bond donors (Lipinski definition) is 0. The maximum absolute atomic E-state index is 10.5. The molecule has 0 aliphatic heterocycles. The molecule has 0 radical (unpaired) electrons. The van der Waals surface area contributed by atoms with Crippen LogP contribution in [0.15, 0.2) is 0 Å². The van der Waals surface area contributed by atoms with E-state index in [1.165, 1.54) is 32.1 Å². The van der Waals surface area contributed by atoms with E-state index in [4.69, 9.17) is 0 Å². The van der Waals surface area contributed by atoms with Crippen LogP contribution >= 0.6 is 0 Å². The lowest BCUT2D eigenvalue weighted by atomic mass is 10.1. The first-order valence-electron chi connectivity index (χ1n) is 5.26. The summed E-state index contributed by atoms with van der Waals surface area (Å²) >= 11 is -1.87. The molecule has 0 saturated carbocycles. The van der Waals surface area contributed by atoms with Crippen molar-refractivity contribution in [2.75, 3.05) is 0 Å². The average molecular weight is 205 g/mol. The largest absolute Gasteiger partial charge is 0.772 e. The first-order valence-corrected chi connectivity index (χ1v) is 6.40. The predicted octanol–water partition coefficient (Wildman–Crippen LogP) is 3.00. The molecule has 0 fully saturated rings. The first kappa shape index (κ1) is 13.1. The van der Waals surface area contributed by atoms with Gasteiger partial charge in [-0.1, -0.05) is 63.5 Å². The van der Waals surface area contributed by atoms with Crippen molar-refractivity contribution in [3.05, 3.63) is 0 Å². The van der Waals surface area contributed by atoms with Crippen LogP contribution in [-0.2, 0) is 11.1 Å². The van der Waals surface area contributed by atoms with Gasteiger partial charge in [0.25, 0.3) is 0 Å². The summed E-state index contributed by atoms with van der Waals surface area (Å²) in [6, 6.07) is 0. The molecule has 0 bridgehead atoms. The molecule has 0 heterocycles. The van der Waals surface area contributed by atoms with Gasteiger partial charge in [-0.3, -0.25) is 4.21 Å². The minimum atomic E-state index is -1.87. The van der Waals surface area contributed by atoms with Crippen LogP contribution < -0.4 is 0 Å². The minimum Gasteiger partial charge on any atom is -0.772 e. The lowest BCUT2D eigenvalue weighted by molar-refractivity contribution is 0.511. The molecular formula is C10H21O2S-. The zero-order valence-corrected chi connectivity index (χ0v) is 9.57. The summed E-state index contributed by atoms with van der Waals surface area (Å²) in [6.45, 7) is 3.97. The Labute approximate surface area is 84.4 Å². The minimum absolute atomic E-state index is 0.161. The maximum atomic E-state index is 10.5. The van der Waals surface area contributed by atoms with Crippen molar-refractivity contribution in [3.63, 3.8) is 0 Å². The van der Waals surface area contributed by atoms with E-state index in [2.05, 4.69) is 6.92 Å². The van der Waals surface area contributed by atoms with Crippen molar-refractivity contribution in [2.45, 2.75) is 64.0 Å². The molecule has 0 aromatic rings. The van der Waals surface area contributed by atoms with E-state index in [1.807, 2.05) is 0 Å². The summed E-state index contributed by atoms with van der Waals surface area (Å²) in [7, 11) is 0. The monoisotopic (exact) mass is 205 g/mol. The second kappa shape index (κ2) is 8.70. The van der Waals surface area contributed by atoms with Gasteiger partial charge in [-0.2, -0.15) is 0 Å². The molecule has 0 amide bonds. The van der Waals surface area contributed by atoms with Crippen LogP contribution in [0.5, 0.6) is 0 Å². The van der Waals surface area contributed by atoms with Crippen molar-refractivity contribution in [3.8, 4) is 0 Å². The average Bonchev–Trinajstić information content (AvgIpc) is 2.10. The Morgan fingerprint density at radius 1 is 1.15 bits per heavy atom. The van der Waals surface area contributed by atoms with Crippen LogP contribution in [0.3, 0.4) is 0 Å². The van der Waals surface area contributed by atoms with Crippen LogP contribution in [0.1, 0.15) is 58.8 Å². The molecule has 0 spiro atoms. The molecule has 0 rings (SSSR count). The van der Waals surface area contributed by atoms with Crippen LogP contribution in [0, 0.1) is 0 Å². The molecule has 0 aromatic heterocycles. The number of unbranched alkanes of at least 4 members (excludes halogenated alkanes) is 5. The van der Waals surface area contributed by atoms with E-state index < -0.39 is 11.1 Å². The molecule has 3 heteroatoms. The van der Waals surface area contributed by atoms with Gasteiger partial charge in [0.15, 0.2) is 0 Å². The predicted molar refractivity (Wildman–Crippen MR) is 56.4 cm³/mol. The number of hydrogen-bond acceptors (Lipinski definition) is 2. The SMILES string of the molecule is CCCCCCCCC(C)S(=O)[O-]. The summed E-state index contributed by atoms with van der Waals surface area (Å²) in [5, 5.41) is -0.161. The smallest absolute Gasteiger partial charge is 0.0187 e. The van der Waals surface area contributed by atoms with Crippen molar-refractivity contribution >= 4 is 11.1 Å². The Morgan fingerprint density at radius 3 is 2.23 bits per heavy atom. The molecule has 13 heavy (non-hydrogen) atoms. The Morgan fingerprint density at radius 2 is 1.69 bits per heavy atom. The van der Waals surface area contributed by atoms with Crippen molar-refractivity contribution in [2.24, 2.45) is 0 Å². The third-order valence-electron chi connectivity index (χ3n) is 2.29. The maximum Gasteiger partial charge on any atom is 0.0187 e. The fourth-order valence-electron chi connectivity index (χ4n) is 1.31. The molecule has 2 nitrogen and oxygen atoms in total. The van der Waals surface area contributed by atoms with E-state index in [9.17, 15) is 8.76 Å². The Hall–Kier alpha value is 0.110. The molecular weight excluding hydrogens is 184 g/mol. The highest BCUT2D eigenvalue weighted by atomic mass is 32.2. The van der Waals surface area contributed by atoms with Crippen molar-refractivity contribution in [1.29, 1.82) is 0 Å². The van der Waals surface area contributed by atoms with Gasteiger partial charge < -0.3 is 4.55 Å². The highest BCUT2D eigenvalue weighted by Crippen LogP contribution is 2.10. The quantitative estimate of drug-likeness (QED) is 0.451. The van der Waals surface area contributed by atoms with Gasteiger partial charge in [0.05, 0.1) is 0 Å². The van der Waals surface area contributed by atoms with Gasteiger partial charge in [-0.05, 0) is 6.42 Å². The summed E-state index contributed by atoms with van der Waals surface area (Å²) in [4.78, 5) is 0. The van der Waals surface area contributed by atoms with Crippen LogP contribution in [0.25, 0.3) is 0 Å². The van der Waals surface area contributed by atoms with Gasteiger partial charge in [0.1, 0.15) is 0 Å². The van der Waals surface area contributed by atoms with Gasteiger partial charge in [0.2, 0.25) is 0 Å². The van der Waals surface area contributed by atoms with Crippen molar-refractivity contribution < 1.29 is 8.76 Å². The lowest BCUT2D eigenvalue weighted by Crippen LogP contribution is -2.09. The zero-order valence-electron chi connectivity index (χ0n) is 8.75. The molecule has 0 aliphatic carbocycles. The van der Waals surface area contributed by atoms with Crippen molar-refractivity contribution in [1.82, 2.24) is 0 Å².